The molecular formula is C15H22ClN3O3. The fourth-order valence-corrected chi connectivity index (χ4v) is 2.21. The second-order valence-electron chi connectivity index (χ2n) is 5.19. The van der Waals surface area contributed by atoms with Crippen molar-refractivity contribution < 1.29 is 14.3 Å². The van der Waals surface area contributed by atoms with Crippen LogP contribution in [-0.4, -0.2) is 37.6 Å². The summed E-state index contributed by atoms with van der Waals surface area (Å²) >= 11 is 0. The summed E-state index contributed by atoms with van der Waals surface area (Å²) in [6, 6.07) is 5.49. The molecule has 3 N–H and O–H groups in total. The first-order valence-electron chi connectivity index (χ1n) is 7.04. The third kappa shape index (κ3) is 5.63. The van der Waals surface area contributed by atoms with E-state index in [-0.39, 0.29) is 30.3 Å². The van der Waals surface area contributed by atoms with E-state index >= 15 is 0 Å². The molecule has 0 bridgehead atoms. The lowest BCUT2D eigenvalue weighted by Crippen LogP contribution is -2.43. The number of nitrogens with one attached hydrogen (secondary N) is 3. The van der Waals surface area contributed by atoms with Crippen molar-refractivity contribution >= 4 is 35.6 Å². The zero-order chi connectivity index (χ0) is 15.2. The number of halogens is 1. The van der Waals surface area contributed by atoms with E-state index in [0.717, 1.165) is 12.1 Å². The van der Waals surface area contributed by atoms with Crippen LogP contribution in [0.4, 0.5) is 11.4 Å². The Hall–Kier alpha value is -1.63. The number of anilines is 2. The zero-order valence-electron chi connectivity index (χ0n) is 12.8. The quantitative estimate of drug-likeness (QED) is 0.786. The minimum absolute atomic E-state index is 0. The van der Waals surface area contributed by atoms with Crippen LogP contribution < -0.4 is 16.0 Å². The van der Waals surface area contributed by atoms with Crippen LogP contribution in [0.1, 0.15) is 18.9 Å². The van der Waals surface area contributed by atoms with Gasteiger partial charge in [-0.1, -0.05) is 6.07 Å². The number of amides is 2. The molecule has 0 spiro atoms. The average Bonchev–Trinajstić information content (AvgIpc) is 2.43. The summed E-state index contributed by atoms with van der Waals surface area (Å²) in [5, 5.41) is 8.83. The maximum atomic E-state index is 12.1. The topological polar surface area (TPSA) is 79.5 Å². The normalized spacial score (nSPS) is 17.3. The van der Waals surface area contributed by atoms with E-state index in [2.05, 4.69) is 16.0 Å². The van der Waals surface area contributed by atoms with Crippen LogP contribution in [0, 0.1) is 6.92 Å². The van der Waals surface area contributed by atoms with Gasteiger partial charge in [0.05, 0.1) is 13.2 Å². The fraction of sp³-hybridized carbons (Fsp3) is 0.467. The number of ether oxygens (including phenoxy) is 1. The predicted molar refractivity (Wildman–Crippen MR) is 88.6 cm³/mol. The van der Waals surface area contributed by atoms with E-state index in [1.165, 1.54) is 6.92 Å². The Labute approximate surface area is 136 Å². The van der Waals surface area contributed by atoms with Gasteiger partial charge in [0.1, 0.15) is 0 Å². The molecule has 2 rings (SSSR count). The molecular weight excluding hydrogens is 306 g/mol. The van der Waals surface area contributed by atoms with Gasteiger partial charge in [0.25, 0.3) is 0 Å². The lowest BCUT2D eigenvalue weighted by atomic mass is 10.1. The van der Waals surface area contributed by atoms with Gasteiger partial charge >= 0.3 is 0 Å². The molecule has 0 aromatic heterocycles. The third-order valence-corrected chi connectivity index (χ3v) is 3.26. The van der Waals surface area contributed by atoms with Crippen molar-refractivity contribution in [2.45, 2.75) is 26.3 Å². The Morgan fingerprint density at radius 2 is 2.14 bits per heavy atom. The molecule has 6 nitrogen and oxygen atoms in total. The highest BCUT2D eigenvalue weighted by molar-refractivity contribution is 5.94. The second-order valence-corrected chi connectivity index (χ2v) is 5.19. The van der Waals surface area contributed by atoms with Crippen molar-refractivity contribution in [2.24, 2.45) is 0 Å². The molecule has 1 aromatic carbocycles. The largest absolute Gasteiger partial charge is 0.378 e. The summed E-state index contributed by atoms with van der Waals surface area (Å²) in [6.07, 6.45) is 0.365. The summed E-state index contributed by atoms with van der Waals surface area (Å²) < 4.78 is 5.33. The monoisotopic (exact) mass is 327 g/mol. The molecule has 1 saturated heterocycles. The highest BCUT2D eigenvalue weighted by Gasteiger charge is 2.17. The molecule has 1 aromatic rings. The van der Waals surface area contributed by atoms with Gasteiger partial charge in [0.2, 0.25) is 11.8 Å². The van der Waals surface area contributed by atoms with Crippen molar-refractivity contribution in [1.29, 1.82) is 0 Å². The molecule has 22 heavy (non-hydrogen) atoms. The van der Waals surface area contributed by atoms with Gasteiger partial charge in [-0.05, 0) is 24.6 Å². The molecule has 0 radical (unpaired) electrons. The van der Waals surface area contributed by atoms with Crippen LogP contribution in [0.25, 0.3) is 0 Å². The van der Waals surface area contributed by atoms with E-state index in [9.17, 15) is 9.59 Å². The van der Waals surface area contributed by atoms with Crippen molar-refractivity contribution in [3.05, 3.63) is 23.8 Å². The summed E-state index contributed by atoms with van der Waals surface area (Å²) in [4.78, 5) is 23.1. The predicted octanol–water partition coefficient (Wildman–Crippen LogP) is 1.69. The maximum Gasteiger partial charge on any atom is 0.226 e. The minimum atomic E-state index is -0.139. The van der Waals surface area contributed by atoms with Crippen molar-refractivity contribution in [3.8, 4) is 0 Å². The van der Waals surface area contributed by atoms with Crippen molar-refractivity contribution in [2.75, 3.05) is 30.4 Å². The Balaban J connectivity index is 0.00000242. The smallest absolute Gasteiger partial charge is 0.226 e. The average molecular weight is 328 g/mol. The summed E-state index contributed by atoms with van der Waals surface area (Å²) in [5.41, 5.74) is 2.33. The molecule has 1 atom stereocenters. The number of benzene rings is 1. The van der Waals surface area contributed by atoms with E-state index in [1.807, 2.05) is 19.1 Å². The number of morpholine rings is 1. The first-order valence-corrected chi connectivity index (χ1v) is 7.04. The number of carbonyl (C=O) groups is 2. The van der Waals surface area contributed by atoms with Crippen LogP contribution >= 0.6 is 12.4 Å². The zero-order valence-corrected chi connectivity index (χ0v) is 13.6. The number of aryl methyl sites for hydroxylation is 1. The third-order valence-electron chi connectivity index (χ3n) is 3.26. The van der Waals surface area contributed by atoms with Gasteiger partial charge in [-0.3, -0.25) is 9.59 Å². The molecule has 0 saturated carbocycles. The molecule has 1 fully saturated rings. The van der Waals surface area contributed by atoms with Crippen LogP contribution in [0.15, 0.2) is 18.2 Å². The van der Waals surface area contributed by atoms with E-state index in [1.54, 1.807) is 6.07 Å². The fourth-order valence-electron chi connectivity index (χ4n) is 2.21. The molecule has 0 aliphatic carbocycles. The van der Waals surface area contributed by atoms with Gasteiger partial charge in [-0.25, -0.2) is 0 Å². The van der Waals surface area contributed by atoms with Gasteiger partial charge in [-0.15, -0.1) is 12.4 Å². The Kier molecular flexibility index (Phi) is 7.31. The SMILES string of the molecule is CC(=O)Nc1ccc(C)c(NC(=O)CC2COCCN2)c1.Cl. The van der Waals surface area contributed by atoms with Crippen molar-refractivity contribution in [3.63, 3.8) is 0 Å². The molecule has 2 amide bonds. The van der Waals surface area contributed by atoms with Crippen LogP contribution in [0.2, 0.25) is 0 Å². The van der Waals surface area contributed by atoms with Gasteiger partial charge < -0.3 is 20.7 Å². The Bertz CT molecular complexity index is 531. The molecule has 1 heterocycles. The Morgan fingerprint density at radius 3 is 2.77 bits per heavy atom. The first kappa shape index (κ1) is 18.4. The maximum absolute atomic E-state index is 12.1. The number of hydrogen-bond donors (Lipinski definition) is 3. The van der Waals surface area contributed by atoms with Crippen molar-refractivity contribution in [1.82, 2.24) is 5.32 Å². The highest BCUT2D eigenvalue weighted by Crippen LogP contribution is 2.20. The summed E-state index contributed by atoms with van der Waals surface area (Å²) in [5.74, 6) is -0.208. The lowest BCUT2D eigenvalue weighted by molar-refractivity contribution is -0.117. The van der Waals surface area contributed by atoms with Crippen LogP contribution in [-0.2, 0) is 14.3 Å². The highest BCUT2D eigenvalue weighted by atomic mass is 35.5. The first-order chi connectivity index (χ1) is 10.0. The van der Waals surface area contributed by atoms with E-state index in [4.69, 9.17) is 4.74 Å². The van der Waals surface area contributed by atoms with Gasteiger partial charge in [-0.2, -0.15) is 0 Å². The van der Waals surface area contributed by atoms with E-state index in [0.29, 0.717) is 31.0 Å². The van der Waals surface area contributed by atoms with Crippen LogP contribution in [0.5, 0.6) is 0 Å². The lowest BCUT2D eigenvalue weighted by Gasteiger charge is -2.23. The van der Waals surface area contributed by atoms with Gasteiger partial charge in [0, 0.05) is 37.3 Å². The van der Waals surface area contributed by atoms with Crippen LogP contribution in [0.3, 0.4) is 0 Å². The summed E-state index contributed by atoms with van der Waals surface area (Å²) in [6.45, 7) is 5.38. The molecule has 7 heteroatoms. The minimum Gasteiger partial charge on any atom is -0.378 e. The summed E-state index contributed by atoms with van der Waals surface area (Å²) in [7, 11) is 0. The standard InChI is InChI=1S/C15H21N3O3.ClH/c1-10-3-4-12(17-11(2)19)7-14(10)18-15(20)8-13-9-21-6-5-16-13;/h3-4,7,13,16H,5-6,8-9H2,1-2H3,(H,17,19)(H,18,20);1H. The number of carbonyl (C=O) groups excluding carboxylic acids is 2. The van der Waals surface area contributed by atoms with E-state index < -0.39 is 0 Å². The number of rotatable bonds is 4. The molecule has 1 aliphatic heterocycles. The molecule has 122 valence electrons. The molecule has 1 aliphatic rings. The number of hydrogen-bond acceptors (Lipinski definition) is 4. The van der Waals surface area contributed by atoms with Gasteiger partial charge in [0.15, 0.2) is 0 Å². The molecule has 1 unspecified atom stereocenters. The Morgan fingerprint density at radius 1 is 1.36 bits per heavy atom. The second kappa shape index (κ2) is 8.73.